The summed E-state index contributed by atoms with van der Waals surface area (Å²) < 4.78 is 51.3. The molecule has 0 radical (unpaired) electrons. The molecule has 12 rings (SSSR count). The maximum absolute atomic E-state index is 13.8. The van der Waals surface area contributed by atoms with E-state index in [-0.39, 0.29) is 78.1 Å². The number of carboxylic acids is 1. The van der Waals surface area contributed by atoms with Crippen LogP contribution in [0.3, 0.4) is 0 Å². The number of amides is 3. The molecule has 4 aromatic heterocycles. The molecule has 420 valence electrons. The normalized spacial score (nSPS) is 20.1. The van der Waals surface area contributed by atoms with Crippen LogP contribution >= 0.6 is 0 Å². The number of ether oxygens (including phenoxy) is 4. The lowest BCUT2D eigenvalue weighted by Crippen LogP contribution is -2.74. The Hall–Kier alpha value is -6.86. The standard InChI is InChI=1S/C28H32FN5O5.C22H24FN5O2.C6H10O4/c1-18(2)21-13-22(19-3-5-20(29)6-4-19)31-34-14-23(30-24(21)34)25(35)33-10-9-32(15-27(33)16-39-17-27)26(36)28(37)7-11-38-12-8-28;1-14(2)17-9-18(15-3-5-16(23)6-4-15)26-28-10-19(25-20(17)28)21(29)27-8-7-24-11-22(27)12-30-13-22;7-5(8)6(9)1-3-10-4-2-6/h3-6,13-14,18,37H,7-12,15-17H2,1-2H3;3-6,9-10,14,24H,7-8,11-13H2,1-2H3;9H,1-4H2,(H,7,8). The Bertz CT molecular complexity index is 3220. The van der Waals surface area contributed by atoms with Crippen LogP contribution in [0.2, 0.25) is 0 Å². The fraction of sp³-hybridized carbons (Fsp3) is 0.500. The molecule has 23 heteroatoms. The van der Waals surface area contributed by atoms with E-state index in [0.29, 0.717) is 107 Å². The quantitative estimate of drug-likeness (QED) is 0.166. The maximum Gasteiger partial charge on any atom is 0.335 e. The van der Waals surface area contributed by atoms with Crippen LogP contribution in [0.1, 0.15) is 97.3 Å². The molecule has 2 spiro atoms. The molecule has 0 bridgehead atoms. The molecule has 0 unspecified atom stereocenters. The molecule has 6 aliphatic rings. The third-order valence-electron chi connectivity index (χ3n) is 15.8. The van der Waals surface area contributed by atoms with E-state index in [9.17, 15) is 38.2 Å². The van der Waals surface area contributed by atoms with Gasteiger partial charge in [0.1, 0.15) is 39.7 Å². The van der Waals surface area contributed by atoms with Gasteiger partial charge < -0.3 is 54.3 Å². The summed E-state index contributed by atoms with van der Waals surface area (Å²) in [6.07, 6.45) is 4.25. The minimum absolute atomic E-state index is 0.0941. The highest BCUT2D eigenvalue weighted by atomic mass is 19.1. The number of halogens is 2. The Morgan fingerprint density at radius 3 is 1.46 bits per heavy atom. The SMILES string of the molecule is CC(C)c1cc(-c2ccc(F)cc2)nn2cc(C(=O)N3CCN(C(=O)C4(O)CCOCC4)CC34COC4)nc12.CC(C)c1cc(-c2ccc(F)cc2)nn2cc(C(=O)N3CCNCC34COC4)nc12.O=C(O)C1(O)CCOCC1. The van der Waals surface area contributed by atoms with Crippen LogP contribution < -0.4 is 5.32 Å². The molecule has 21 nitrogen and oxygen atoms in total. The lowest BCUT2D eigenvalue weighted by molar-refractivity contribution is -0.182. The van der Waals surface area contributed by atoms with Gasteiger partial charge in [0.05, 0.1) is 50.2 Å². The van der Waals surface area contributed by atoms with Gasteiger partial charge >= 0.3 is 5.97 Å². The van der Waals surface area contributed by atoms with Gasteiger partial charge in [0.15, 0.2) is 16.9 Å². The predicted molar refractivity (Wildman–Crippen MR) is 281 cm³/mol. The lowest BCUT2D eigenvalue weighted by Gasteiger charge is -2.55. The molecule has 6 fully saturated rings. The van der Waals surface area contributed by atoms with Crippen molar-refractivity contribution in [1.29, 1.82) is 0 Å². The zero-order valence-corrected chi connectivity index (χ0v) is 44.7. The highest BCUT2D eigenvalue weighted by Gasteiger charge is 2.54. The second-order valence-corrected chi connectivity index (χ2v) is 21.9. The van der Waals surface area contributed by atoms with Crippen molar-refractivity contribution in [1.82, 2.24) is 49.2 Å². The van der Waals surface area contributed by atoms with Crippen LogP contribution in [0.5, 0.6) is 0 Å². The summed E-state index contributed by atoms with van der Waals surface area (Å²) in [6, 6.07) is 16.3. The van der Waals surface area contributed by atoms with Crippen molar-refractivity contribution < 1.29 is 62.2 Å². The molecule has 0 aliphatic carbocycles. The molecule has 2 aromatic carbocycles. The number of hydrogen-bond acceptors (Lipinski definition) is 15. The number of aromatic nitrogens is 6. The molecule has 6 aromatic rings. The molecular formula is C56H66F2N10O11. The molecule has 3 amide bonds. The molecule has 6 aliphatic heterocycles. The Labute approximate surface area is 454 Å². The first kappa shape index (κ1) is 55.5. The third-order valence-corrected chi connectivity index (χ3v) is 15.8. The van der Waals surface area contributed by atoms with Gasteiger partial charge in [0.2, 0.25) is 0 Å². The number of benzene rings is 2. The van der Waals surface area contributed by atoms with Crippen LogP contribution in [0.25, 0.3) is 33.8 Å². The summed E-state index contributed by atoms with van der Waals surface area (Å²) >= 11 is 0. The van der Waals surface area contributed by atoms with Crippen molar-refractivity contribution in [3.8, 4) is 22.5 Å². The van der Waals surface area contributed by atoms with Crippen molar-refractivity contribution in [3.05, 3.63) is 107 Å². The first-order valence-corrected chi connectivity index (χ1v) is 26.8. The Morgan fingerprint density at radius 2 is 1.05 bits per heavy atom. The van der Waals surface area contributed by atoms with Gasteiger partial charge in [0.25, 0.3) is 17.7 Å². The monoisotopic (exact) mass is 1090 g/mol. The first-order valence-electron chi connectivity index (χ1n) is 26.8. The summed E-state index contributed by atoms with van der Waals surface area (Å²) in [7, 11) is 0. The molecule has 79 heavy (non-hydrogen) atoms. The van der Waals surface area contributed by atoms with Crippen molar-refractivity contribution in [2.75, 3.05) is 92.1 Å². The zero-order chi connectivity index (χ0) is 55.9. The van der Waals surface area contributed by atoms with E-state index in [4.69, 9.17) is 29.0 Å². The fourth-order valence-electron chi connectivity index (χ4n) is 10.8. The van der Waals surface area contributed by atoms with Crippen LogP contribution in [0, 0.1) is 11.6 Å². The number of imidazole rings is 2. The maximum atomic E-state index is 13.8. The Balaban J connectivity index is 0.000000155. The van der Waals surface area contributed by atoms with Crippen molar-refractivity contribution in [2.24, 2.45) is 0 Å². The second-order valence-electron chi connectivity index (χ2n) is 21.9. The van der Waals surface area contributed by atoms with E-state index in [0.717, 1.165) is 35.3 Å². The number of piperazine rings is 2. The van der Waals surface area contributed by atoms with Gasteiger partial charge in [-0.3, -0.25) is 14.4 Å². The van der Waals surface area contributed by atoms with Crippen molar-refractivity contribution in [3.63, 3.8) is 0 Å². The van der Waals surface area contributed by atoms with Crippen LogP contribution in [0.15, 0.2) is 73.1 Å². The first-order chi connectivity index (χ1) is 37.8. The topological polar surface area (TPSA) is 248 Å². The molecular weight excluding hydrogens is 1030 g/mol. The number of carbonyl (C=O) groups is 4. The average Bonchev–Trinajstić information content (AvgIpc) is 4.26. The smallest absolute Gasteiger partial charge is 0.335 e. The number of carboxylic acid groups (broad SMARTS) is 1. The van der Waals surface area contributed by atoms with E-state index in [1.165, 1.54) is 24.3 Å². The molecule has 0 atom stereocenters. The van der Waals surface area contributed by atoms with Crippen molar-refractivity contribution >= 4 is 35.0 Å². The molecule has 6 saturated heterocycles. The third kappa shape index (κ3) is 11.1. The van der Waals surface area contributed by atoms with E-state index in [1.54, 1.807) is 55.5 Å². The van der Waals surface area contributed by atoms with Crippen LogP contribution in [0.4, 0.5) is 8.78 Å². The number of hydrogen-bond donors (Lipinski definition) is 4. The number of aliphatic hydroxyl groups is 2. The summed E-state index contributed by atoms with van der Waals surface area (Å²) in [5, 5.41) is 41.4. The minimum Gasteiger partial charge on any atom is -0.479 e. The van der Waals surface area contributed by atoms with Gasteiger partial charge in [-0.2, -0.15) is 10.2 Å². The molecule has 0 saturated carbocycles. The van der Waals surface area contributed by atoms with E-state index < -0.39 is 22.7 Å². The highest BCUT2D eigenvalue weighted by molar-refractivity contribution is 5.95. The fourth-order valence-corrected chi connectivity index (χ4v) is 10.8. The Kier molecular flexibility index (Phi) is 15.7. The Morgan fingerprint density at radius 1 is 0.608 bits per heavy atom. The number of aliphatic carboxylic acids is 1. The summed E-state index contributed by atoms with van der Waals surface area (Å²) in [4.78, 5) is 65.5. The van der Waals surface area contributed by atoms with Crippen molar-refractivity contribution in [2.45, 2.75) is 87.5 Å². The zero-order valence-electron chi connectivity index (χ0n) is 44.7. The number of nitrogens with one attached hydrogen (secondary N) is 1. The van der Waals surface area contributed by atoms with Gasteiger partial charge in [-0.1, -0.05) is 27.7 Å². The van der Waals surface area contributed by atoms with E-state index in [1.807, 2.05) is 30.9 Å². The minimum atomic E-state index is -1.53. The van der Waals surface area contributed by atoms with E-state index in [2.05, 4.69) is 34.3 Å². The second kappa shape index (κ2) is 22.3. The summed E-state index contributed by atoms with van der Waals surface area (Å²) in [5.41, 5.74) is 2.86. The number of fused-ring (bicyclic) bond motifs is 2. The van der Waals surface area contributed by atoms with Gasteiger partial charge in [-0.15, -0.1) is 0 Å². The number of nitrogens with zero attached hydrogens (tertiary/aromatic N) is 9. The molecule has 4 N–H and O–H groups in total. The summed E-state index contributed by atoms with van der Waals surface area (Å²) in [6.45, 7) is 14.3. The predicted octanol–water partition coefficient (Wildman–Crippen LogP) is 4.34. The lowest BCUT2D eigenvalue weighted by atomic mass is 9.88. The largest absolute Gasteiger partial charge is 0.479 e. The number of carbonyl (C=O) groups excluding carboxylic acids is 3. The van der Waals surface area contributed by atoms with Crippen LogP contribution in [-0.4, -0.2) is 197 Å². The number of rotatable bonds is 8. The average molecular weight is 1090 g/mol. The van der Waals surface area contributed by atoms with Gasteiger partial charge in [0, 0.05) is 114 Å². The van der Waals surface area contributed by atoms with E-state index >= 15 is 0 Å². The summed E-state index contributed by atoms with van der Waals surface area (Å²) in [5.74, 6) is -2.11. The van der Waals surface area contributed by atoms with Gasteiger partial charge in [-0.25, -0.2) is 32.6 Å². The van der Waals surface area contributed by atoms with Crippen LogP contribution in [-0.2, 0) is 28.5 Å². The molecule has 10 heterocycles. The van der Waals surface area contributed by atoms with Gasteiger partial charge in [-0.05, 0) is 72.5 Å². The highest BCUT2D eigenvalue weighted by Crippen LogP contribution is 2.35.